The molecule has 0 aliphatic rings. The van der Waals surface area contributed by atoms with Gasteiger partial charge < -0.3 is 9.84 Å². The largest absolute Gasteiger partial charge is 0.392 e. The number of rotatable bonds is 3. The maximum Gasteiger partial charge on any atom is 0.0742 e. The Morgan fingerprint density at radius 3 is 2.44 bits per heavy atom. The molecule has 16 heavy (non-hydrogen) atoms. The summed E-state index contributed by atoms with van der Waals surface area (Å²) in [5, 5.41) is 9.37. The first-order valence-electron chi connectivity index (χ1n) is 5.54. The highest BCUT2D eigenvalue weighted by atomic mass is 16.5. The molecule has 3 nitrogen and oxygen atoms in total. The summed E-state index contributed by atoms with van der Waals surface area (Å²) >= 11 is 0. The molecule has 1 heterocycles. The first-order valence-corrected chi connectivity index (χ1v) is 5.54. The molecule has 0 aromatic carbocycles. The van der Waals surface area contributed by atoms with Gasteiger partial charge in [-0.3, -0.25) is 4.98 Å². The molecule has 0 unspecified atom stereocenters. The van der Waals surface area contributed by atoms with Crippen LogP contribution in [-0.2, 0) is 18.0 Å². The van der Waals surface area contributed by atoms with E-state index in [0.29, 0.717) is 6.61 Å². The van der Waals surface area contributed by atoms with Gasteiger partial charge in [-0.25, -0.2) is 0 Å². The van der Waals surface area contributed by atoms with Crippen molar-refractivity contribution in [3.63, 3.8) is 0 Å². The van der Waals surface area contributed by atoms with E-state index >= 15 is 0 Å². The number of aliphatic hydroxyl groups is 1. The standard InChI is InChI=1S/C13H21NO2/c1-9-10(2)14-6-11(12(9)7-15)8-16-13(3,4)5/h6,15H,7-8H2,1-5H3. The van der Waals surface area contributed by atoms with Crippen LogP contribution in [0.15, 0.2) is 6.20 Å². The molecule has 0 atom stereocenters. The van der Waals surface area contributed by atoms with Gasteiger partial charge in [0, 0.05) is 17.5 Å². The quantitative estimate of drug-likeness (QED) is 0.856. The van der Waals surface area contributed by atoms with Gasteiger partial charge in [0.1, 0.15) is 0 Å². The predicted octanol–water partition coefficient (Wildman–Crippen LogP) is 2.51. The summed E-state index contributed by atoms with van der Waals surface area (Å²) in [7, 11) is 0. The van der Waals surface area contributed by atoms with Crippen molar-refractivity contribution in [1.82, 2.24) is 4.98 Å². The minimum Gasteiger partial charge on any atom is -0.392 e. The number of pyridine rings is 1. The monoisotopic (exact) mass is 223 g/mol. The minimum atomic E-state index is -0.175. The maximum atomic E-state index is 9.37. The summed E-state index contributed by atoms with van der Waals surface area (Å²) in [4.78, 5) is 4.30. The van der Waals surface area contributed by atoms with Gasteiger partial charge in [-0.1, -0.05) is 0 Å². The molecule has 0 radical (unpaired) electrons. The first-order chi connectivity index (χ1) is 7.35. The van der Waals surface area contributed by atoms with Crippen LogP contribution in [0.2, 0.25) is 0 Å². The van der Waals surface area contributed by atoms with Crippen LogP contribution in [0, 0.1) is 13.8 Å². The van der Waals surface area contributed by atoms with E-state index in [-0.39, 0.29) is 12.2 Å². The summed E-state index contributed by atoms with van der Waals surface area (Å²) in [6.45, 7) is 10.5. The van der Waals surface area contributed by atoms with E-state index < -0.39 is 0 Å². The first kappa shape index (κ1) is 13.1. The van der Waals surface area contributed by atoms with Crippen molar-refractivity contribution in [3.8, 4) is 0 Å². The molecule has 1 N–H and O–H groups in total. The number of ether oxygens (including phenoxy) is 1. The highest BCUT2D eigenvalue weighted by Gasteiger charge is 2.13. The molecular weight excluding hydrogens is 202 g/mol. The highest BCUT2D eigenvalue weighted by Crippen LogP contribution is 2.19. The Hall–Kier alpha value is -0.930. The van der Waals surface area contributed by atoms with Crippen molar-refractivity contribution in [1.29, 1.82) is 0 Å². The van der Waals surface area contributed by atoms with Crippen molar-refractivity contribution in [3.05, 3.63) is 28.6 Å². The van der Waals surface area contributed by atoms with Crippen LogP contribution in [0.3, 0.4) is 0 Å². The lowest BCUT2D eigenvalue weighted by Crippen LogP contribution is -2.19. The molecule has 0 amide bonds. The zero-order chi connectivity index (χ0) is 12.3. The topological polar surface area (TPSA) is 42.4 Å². The molecule has 3 heteroatoms. The van der Waals surface area contributed by atoms with Crippen molar-refractivity contribution in [2.75, 3.05) is 0 Å². The number of aryl methyl sites for hydroxylation is 1. The molecule has 0 aliphatic heterocycles. The van der Waals surface area contributed by atoms with Gasteiger partial charge in [-0.15, -0.1) is 0 Å². The summed E-state index contributed by atoms with van der Waals surface area (Å²) in [5.74, 6) is 0. The third-order valence-electron chi connectivity index (χ3n) is 2.62. The fraction of sp³-hybridized carbons (Fsp3) is 0.615. The summed E-state index contributed by atoms with van der Waals surface area (Å²) in [6.07, 6.45) is 1.79. The van der Waals surface area contributed by atoms with Gasteiger partial charge >= 0.3 is 0 Å². The molecular formula is C13H21NO2. The second-order valence-electron chi connectivity index (χ2n) is 5.03. The normalized spacial score (nSPS) is 11.9. The van der Waals surface area contributed by atoms with Crippen LogP contribution in [0.4, 0.5) is 0 Å². The van der Waals surface area contributed by atoms with Gasteiger partial charge in [0.05, 0.1) is 18.8 Å². The molecule has 0 aliphatic carbocycles. The lowest BCUT2D eigenvalue weighted by atomic mass is 10.0. The van der Waals surface area contributed by atoms with Gasteiger partial charge in [-0.05, 0) is 45.7 Å². The van der Waals surface area contributed by atoms with Crippen LogP contribution in [0.5, 0.6) is 0 Å². The average molecular weight is 223 g/mol. The molecule has 0 spiro atoms. The van der Waals surface area contributed by atoms with E-state index in [4.69, 9.17) is 4.74 Å². The van der Waals surface area contributed by atoms with Crippen molar-refractivity contribution < 1.29 is 9.84 Å². The molecule has 0 bridgehead atoms. The maximum absolute atomic E-state index is 9.37. The van der Waals surface area contributed by atoms with Crippen molar-refractivity contribution in [2.24, 2.45) is 0 Å². The Morgan fingerprint density at radius 2 is 1.94 bits per heavy atom. The summed E-state index contributed by atoms with van der Waals surface area (Å²) in [5.41, 5.74) is 3.75. The third-order valence-corrected chi connectivity index (χ3v) is 2.62. The van der Waals surface area contributed by atoms with Crippen LogP contribution in [-0.4, -0.2) is 15.7 Å². The van der Waals surface area contributed by atoms with Gasteiger partial charge in [0.15, 0.2) is 0 Å². The number of hydrogen-bond acceptors (Lipinski definition) is 3. The predicted molar refractivity (Wildman–Crippen MR) is 64.2 cm³/mol. The molecule has 90 valence electrons. The number of aliphatic hydroxyl groups excluding tert-OH is 1. The highest BCUT2D eigenvalue weighted by molar-refractivity contribution is 5.34. The minimum absolute atomic E-state index is 0.0397. The molecule has 1 aromatic rings. The SMILES string of the molecule is Cc1ncc(COC(C)(C)C)c(CO)c1C. The fourth-order valence-corrected chi connectivity index (χ4v) is 1.45. The average Bonchev–Trinajstić information content (AvgIpc) is 2.18. The molecule has 1 aromatic heterocycles. The van der Waals surface area contributed by atoms with E-state index in [1.165, 1.54) is 0 Å². The number of hydrogen-bond donors (Lipinski definition) is 1. The van der Waals surface area contributed by atoms with Gasteiger partial charge in [-0.2, -0.15) is 0 Å². The zero-order valence-corrected chi connectivity index (χ0v) is 10.8. The van der Waals surface area contributed by atoms with Crippen molar-refractivity contribution >= 4 is 0 Å². The molecule has 1 rings (SSSR count). The number of aromatic nitrogens is 1. The fourth-order valence-electron chi connectivity index (χ4n) is 1.45. The summed E-state index contributed by atoms with van der Waals surface area (Å²) in [6, 6.07) is 0. The van der Waals surface area contributed by atoms with Gasteiger partial charge in [0.2, 0.25) is 0 Å². The van der Waals surface area contributed by atoms with E-state index in [1.54, 1.807) is 6.20 Å². The Morgan fingerprint density at radius 1 is 1.31 bits per heavy atom. The van der Waals surface area contributed by atoms with E-state index in [0.717, 1.165) is 22.4 Å². The second-order valence-corrected chi connectivity index (χ2v) is 5.03. The Kier molecular flexibility index (Phi) is 4.05. The van der Waals surface area contributed by atoms with Crippen LogP contribution >= 0.6 is 0 Å². The number of nitrogens with zero attached hydrogens (tertiary/aromatic N) is 1. The lowest BCUT2D eigenvalue weighted by molar-refractivity contribution is -0.0157. The zero-order valence-electron chi connectivity index (χ0n) is 10.8. The van der Waals surface area contributed by atoms with E-state index in [2.05, 4.69) is 4.98 Å². The van der Waals surface area contributed by atoms with Crippen LogP contribution in [0.25, 0.3) is 0 Å². The van der Waals surface area contributed by atoms with Crippen LogP contribution < -0.4 is 0 Å². The third kappa shape index (κ3) is 3.29. The van der Waals surface area contributed by atoms with Gasteiger partial charge in [0.25, 0.3) is 0 Å². The Bertz CT molecular complexity index is 367. The Balaban J connectivity index is 2.92. The molecule has 0 saturated carbocycles. The molecule has 0 saturated heterocycles. The van der Waals surface area contributed by atoms with E-state index in [9.17, 15) is 5.11 Å². The smallest absolute Gasteiger partial charge is 0.0742 e. The Labute approximate surface area is 97.5 Å². The van der Waals surface area contributed by atoms with Crippen molar-refractivity contribution in [2.45, 2.75) is 53.4 Å². The summed E-state index contributed by atoms with van der Waals surface area (Å²) < 4.78 is 5.70. The van der Waals surface area contributed by atoms with Crippen LogP contribution in [0.1, 0.15) is 43.2 Å². The lowest BCUT2D eigenvalue weighted by Gasteiger charge is -2.21. The second kappa shape index (κ2) is 4.93. The molecule has 0 fully saturated rings. The van der Waals surface area contributed by atoms with E-state index in [1.807, 2.05) is 34.6 Å².